The van der Waals surface area contributed by atoms with E-state index in [0.29, 0.717) is 12.1 Å². The number of rotatable bonds is 0. The first-order valence-corrected chi connectivity index (χ1v) is 2.79. The topological polar surface area (TPSA) is 0 Å². The normalized spacial score (nSPS) is 9.09. The predicted octanol–water partition coefficient (Wildman–Crippen LogP) is 2.87. The molecule has 0 N–H and O–H groups in total. The largest absolute Gasteiger partial charge is 0.204 e. The van der Waals surface area contributed by atoms with Crippen LogP contribution in [0.1, 0.15) is 0 Å². The molecule has 0 aliphatic rings. The summed E-state index contributed by atoms with van der Waals surface area (Å²) in [6, 6.07) is 1.42. The second kappa shape index (κ2) is 3.88. The van der Waals surface area contributed by atoms with Crippen LogP contribution in [0.2, 0.25) is 5.02 Å². The number of hydrogen-bond acceptors (Lipinski definition) is 0. The van der Waals surface area contributed by atoms with Gasteiger partial charge in [0.05, 0.1) is 0 Å². The van der Waals surface area contributed by atoms with Crippen LogP contribution in [0.15, 0.2) is 12.1 Å². The van der Waals surface area contributed by atoms with Gasteiger partial charge in [-0.2, -0.15) is 13.5 Å². The van der Waals surface area contributed by atoms with Crippen molar-refractivity contribution in [3.63, 3.8) is 0 Å². The lowest BCUT2D eigenvalue weighted by Gasteiger charge is -1.93. The van der Waals surface area contributed by atoms with E-state index < -0.39 is 17.5 Å². The number of benzene rings is 1. The van der Waals surface area contributed by atoms with Crippen molar-refractivity contribution in [2.75, 3.05) is 0 Å². The molecule has 0 radical (unpaired) electrons. The van der Waals surface area contributed by atoms with Gasteiger partial charge in [0, 0.05) is 5.02 Å². The van der Waals surface area contributed by atoms with Crippen LogP contribution in [0.25, 0.3) is 0 Å². The van der Waals surface area contributed by atoms with Crippen LogP contribution >= 0.6 is 25.1 Å². The van der Waals surface area contributed by atoms with Crippen LogP contribution < -0.4 is 0 Å². The minimum atomic E-state index is -1.50. The highest BCUT2D eigenvalue weighted by atomic mass is 35.5. The minimum Gasteiger partial charge on any atom is -0.204 e. The Hall–Kier alpha value is -0.350. The maximum absolute atomic E-state index is 12.1. The summed E-state index contributed by atoms with van der Waals surface area (Å²) in [5, 5.41) is -0.156. The van der Waals surface area contributed by atoms with Gasteiger partial charge in [-0.15, -0.1) is 0 Å². The van der Waals surface area contributed by atoms with Gasteiger partial charge >= 0.3 is 0 Å². The molecular formula is C6H4ClF3S. The van der Waals surface area contributed by atoms with Crippen molar-refractivity contribution in [1.29, 1.82) is 0 Å². The number of hydrogen-bond donors (Lipinski definition) is 0. The van der Waals surface area contributed by atoms with E-state index in [1.54, 1.807) is 0 Å². The Morgan fingerprint density at radius 3 is 1.73 bits per heavy atom. The van der Waals surface area contributed by atoms with E-state index in [2.05, 4.69) is 0 Å². The Kier molecular flexibility index (Phi) is 3.75. The molecule has 62 valence electrons. The lowest BCUT2D eigenvalue weighted by atomic mass is 10.3. The van der Waals surface area contributed by atoms with E-state index in [4.69, 9.17) is 11.6 Å². The first-order chi connectivity index (χ1) is 4.61. The molecule has 1 rings (SSSR count). The molecule has 0 saturated carbocycles. The monoisotopic (exact) mass is 200 g/mol. The molecule has 11 heavy (non-hydrogen) atoms. The van der Waals surface area contributed by atoms with Crippen molar-refractivity contribution in [3.8, 4) is 0 Å². The second-order valence-corrected chi connectivity index (χ2v) is 2.12. The van der Waals surface area contributed by atoms with Gasteiger partial charge in [-0.05, 0) is 12.1 Å². The molecule has 0 unspecified atom stereocenters. The van der Waals surface area contributed by atoms with Gasteiger partial charge in [-0.1, -0.05) is 11.6 Å². The smallest absolute Gasteiger partial charge is 0.194 e. The van der Waals surface area contributed by atoms with Gasteiger partial charge < -0.3 is 0 Å². The average Bonchev–Trinajstić information content (AvgIpc) is 1.82. The molecule has 0 heterocycles. The maximum Gasteiger partial charge on any atom is 0.194 e. The molecule has 0 aliphatic heterocycles. The van der Waals surface area contributed by atoms with E-state index in [9.17, 15) is 13.2 Å². The molecule has 0 amide bonds. The molecular weight excluding hydrogens is 197 g/mol. The summed E-state index contributed by atoms with van der Waals surface area (Å²) >= 11 is 5.18. The molecule has 0 fully saturated rings. The fraction of sp³-hybridized carbons (Fsp3) is 0. The Bertz CT molecular complexity index is 241. The summed E-state index contributed by atoms with van der Waals surface area (Å²) in [5.74, 6) is -4.04. The van der Waals surface area contributed by atoms with Gasteiger partial charge in [0.15, 0.2) is 17.5 Å². The molecule has 5 heteroatoms. The van der Waals surface area contributed by atoms with E-state index in [1.807, 2.05) is 0 Å². The van der Waals surface area contributed by atoms with Crippen LogP contribution in [0.3, 0.4) is 0 Å². The maximum atomic E-state index is 12.1. The van der Waals surface area contributed by atoms with Crippen molar-refractivity contribution in [3.05, 3.63) is 34.6 Å². The molecule has 0 atom stereocenters. The van der Waals surface area contributed by atoms with Crippen molar-refractivity contribution < 1.29 is 13.2 Å². The summed E-state index contributed by atoms with van der Waals surface area (Å²) in [6.45, 7) is 0. The average molecular weight is 201 g/mol. The minimum absolute atomic E-state index is 0. The fourth-order valence-electron chi connectivity index (χ4n) is 0.525. The zero-order chi connectivity index (χ0) is 7.72. The van der Waals surface area contributed by atoms with Crippen LogP contribution in [-0.4, -0.2) is 0 Å². The molecule has 0 bridgehead atoms. The summed E-state index contributed by atoms with van der Waals surface area (Å²) in [5.41, 5.74) is 0. The summed E-state index contributed by atoms with van der Waals surface area (Å²) < 4.78 is 36.4. The zero-order valence-electron chi connectivity index (χ0n) is 5.17. The lowest BCUT2D eigenvalue weighted by Crippen LogP contribution is -1.88. The summed E-state index contributed by atoms with van der Waals surface area (Å²) in [6.07, 6.45) is 0. The quantitative estimate of drug-likeness (QED) is 0.446. The van der Waals surface area contributed by atoms with Gasteiger partial charge in [0.1, 0.15) is 0 Å². The molecule has 1 aromatic rings. The lowest BCUT2D eigenvalue weighted by molar-refractivity contribution is 0.447. The number of halogens is 4. The van der Waals surface area contributed by atoms with Crippen molar-refractivity contribution in [2.45, 2.75) is 0 Å². The van der Waals surface area contributed by atoms with Gasteiger partial charge in [-0.25, -0.2) is 13.2 Å². The van der Waals surface area contributed by atoms with E-state index >= 15 is 0 Å². The fourth-order valence-corrected chi connectivity index (χ4v) is 0.716. The third-order valence-corrected chi connectivity index (χ3v) is 1.17. The van der Waals surface area contributed by atoms with Crippen molar-refractivity contribution in [2.24, 2.45) is 0 Å². The van der Waals surface area contributed by atoms with Crippen molar-refractivity contribution in [1.82, 2.24) is 0 Å². The van der Waals surface area contributed by atoms with Crippen LogP contribution in [-0.2, 0) is 0 Å². The highest BCUT2D eigenvalue weighted by Crippen LogP contribution is 2.16. The molecule has 0 aromatic heterocycles. The SMILES string of the molecule is Fc1cc(Cl)cc(F)c1F.S. The second-order valence-electron chi connectivity index (χ2n) is 1.68. The van der Waals surface area contributed by atoms with Crippen LogP contribution in [0.5, 0.6) is 0 Å². The van der Waals surface area contributed by atoms with Crippen LogP contribution in [0, 0.1) is 17.5 Å². The Morgan fingerprint density at radius 2 is 1.36 bits per heavy atom. The summed E-state index contributed by atoms with van der Waals surface area (Å²) in [4.78, 5) is 0. The molecule has 1 aromatic carbocycles. The third-order valence-electron chi connectivity index (χ3n) is 0.949. The Morgan fingerprint density at radius 1 is 1.00 bits per heavy atom. The highest BCUT2D eigenvalue weighted by molar-refractivity contribution is 7.59. The van der Waals surface area contributed by atoms with Gasteiger partial charge in [0.2, 0.25) is 0 Å². The predicted molar refractivity (Wildman–Crippen MR) is 41.7 cm³/mol. The van der Waals surface area contributed by atoms with E-state index in [1.165, 1.54) is 0 Å². The zero-order valence-corrected chi connectivity index (χ0v) is 6.92. The van der Waals surface area contributed by atoms with Gasteiger partial charge in [0.25, 0.3) is 0 Å². The Balaban J connectivity index is 0.000001000. The standard InChI is InChI=1S/C6H2ClF3.H2S/c7-3-1-4(8)6(10)5(9)2-3;/h1-2H;1H2. The molecule has 0 nitrogen and oxygen atoms in total. The highest BCUT2D eigenvalue weighted by Gasteiger charge is 2.08. The van der Waals surface area contributed by atoms with Crippen molar-refractivity contribution >= 4 is 25.1 Å². The van der Waals surface area contributed by atoms with E-state index in [-0.39, 0.29) is 18.5 Å². The summed E-state index contributed by atoms with van der Waals surface area (Å²) in [7, 11) is 0. The molecule has 0 saturated heterocycles. The molecule has 0 spiro atoms. The van der Waals surface area contributed by atoms with Gasteiger partial charge in [-0.3, -0.25) is 0 Å². The third kappa shape index (κ3) is 2.31. The van der Waals surface area contributed by atoms with Crippen LogP contribution in [0.4, 0.5) is 13.2 Å². The first-order valence-electron chi connectivity index (χ1n) is 2.41. The van der Waals surface area contributed by atoms with E-state index in [0.717, 1.165) is 0 Å². The first kappa shape index (κ1) is 10.7. The Labute approximate surface area is 73.4 Å². The molecule has 0 aliphatic carbocycles.